The molecular formula is C11H9BrN2O3. The highest BCUT2D eigenvalue weighted by molar-refractivity contribution is 9.10. The van der Waals surface area contributed by atoms with E-state index in [0.717, 1.165) is 0 Å². The molecule has 1 aromatic carbocycles. The van der Waals surface area contributed by atoms with Crippen LogP contribution in [0.2, 0.25) is 0 Å². The zero-order valence-electron chi connectivity index (χ0n) is 8.99. The Balaban J connectivity index is 2.62. The van der Waals surface area contributed by atoms with Crippen LogP contribution in [0.1, 0.15) is 17.3 Å². The molecule has 2 rings (SSSR count). The Bertz CT molecular complexity index is 636. The molecule has 1 heterocycles. The van der Waals surface area contributed by atoms with Crippen LogP contribution in [0, 0.1) is 0 Å². The van der Waals surface area contributed by atoms with Crippen LogP contribution in [0.5, 0.6) is 0 Å². The number of carbonyl (C=O) groups is 1. The van der Waals surface area contributed by atoms with Crippen molar-refractivity contribution in [1.29, 1.82) is 0 Å². The Kier molecular flexibility index (Phi) is 3.23. The summed E-state index contributed by atoms with van der Waals surface area (Å²) in [5.41, 5.74) is 0.0114. The second-order valence-corrected chi connectivity index (χ2v) is 4.08. The highest BCUT2D eigenvalue weighted by Crippen LogP contribution is 2.19. The average Bonchev–Trinajstić information content (AvgIpc) is 2.34. The van der Waals surface area contributed by atoms with Crippen LogP contribution < -0.4 is 5.56 Å². The van der Waals surface area contributed by atoms with Gasteiger partial charge in [0.05, 0.1) is 17.6 Å². The van der Waals surface area contributed by atoms with Crippen molar-refractivity contribution in [2.24, 2.45) is 0 Å². The highest BCUT2D eigenvalue weighted by atomic mass is 79.9. The van der Waals surface area contributed by atoms with E-state index in [-0.39, 0.29) is 5.56 Å². The number of carbonyl (C=O) groups excluding carboxylic acids is 1. The zero-order chi connectivity index (χ0) is 12.4. The maximum atomic E-state index is 11.6. The van der Waals surface area contributed by atoms with Gasteiger partial charge >= 0.3 is 5.97 Å². The zero-order valence-corrected chi connectivity index (χ0v) is 10.6. The minimum Gasteiger partial charge on any atom is -0.462 e. The Morgan fingerprint density at radius 3 is 2.94 bits per heavy atom. The van der Waals surface area contributed by atoms with Gasteiger partial charge in [0, 0.05) is 5.39 Å². The average molecular weight is 297 g/mol. The van der Waals surface area contributed by atoms with E-state index in [0.29, 0.717) is 27.5 Å². The van der Waals surface area contributed by atoms with Crippen molar-refractivity contribution in [1.82, 2.24) is 10.2 Å². The largest absolute Gasteiger partial charge is 0.462 e. The number of hydrogen-bond donors (Lipinski definition) is 1. The van der Waals surface area contributed by atoms with Crippen molar-refractivity contribution in [3.63, 3.8) is 0 Å². The number of fused-ring (bicyclic) bond motifs is 1. The molecule has 1 N–H and O–H groups in total. The molecule has 0 fully saturated rings. The summed E-state index contributed by atoms with van der Waals surface area (Å²) in [5, 5.41) is 7.17. The van der Waals surface area contributed by atoms with Crippen molar-refractivity contribution < 1.29 is 9.53 Å². The van der Waals surface area contributed by atoms with Crippen molar-refractivity contribution in [3.8, 4) is 0 Å². The molecule has 0 unspecified atom stereocenters. The van der Waals surface area contributed by atoms with Crippen LogP contribution in [0.3, 0.4) is 0 Å². The van der Waals surface area contributed by atoms with E-state index in [9.17, 15) is 9.59 Å². The van der Waals surface area contributed by atoms with E-state index in [1.807, 2.05) is 0 Å². The minimum atomic E-state index is -0.443. The molecule has 5 nitrogen and oxygen atoms in total. The van der Waals surface area contributed by atoms with Gasteiger partial charge in [0.1, 0.15) is 4.60 Å². The molecule has 0 saturated carbocycles. The lowest BCUT2D eigenvalue weighted by atomic mass is 10.1. The maximum Gasteiger partial charge on any atom is 0.338 e. The van der Waals surface area contributed by atoms with Gasteiger partial charge in [-0.05, 0) is 35.0 Å². The lowest BCUT2D eigenvalue weighted by molar-refractivity contribution is 0.0526. The molecule has 88 valence electrons. The number of rotatable bonds is 2. The van der Waals surface area contributed by atoms with Gasteiger partial charge in [0.25, 0.3) is 5.56 Å². The van der Waals surface area contributed by atoms with Crippen molar-refractivity contribution >= 4 is 32.7 Å². The fourth-order valence-corrected chi connectivity index (χ4v) is 1.91. The lowest BCUT2D eigenvalue weighted by Gasteiger charge is -2.03. The van der Waals surface area contributed by atoms with Gasteiger partial charge < -0.3 is 4.74 Å². The number of hydrogen-bond acceptors (Lipinski definition) is 4. The van der Waals surface area contributed by atoms with Gasteiger partial charge in [-0.15, -0.1) is 0 Å². The molecule has 0 aliphatic carbocycles. The third-order valence-corrected chi connectivity index (χ3v) is 2.86. The molecule has 0 spiro atoms. The number of esters is 1. The number of halogens is 1. The SMILES string of the molecule is CCOC(=O)c1ccc2c(Br)n[nH]c(=O)c2c1. The summed E-state index contributed by atoms with van der Waals surface area (Å²) in [6.07, 6.45) is 0. The number of ether oxygens (including phenoxy) is 1. The standard InChI is InChI=1S/C11H9BrN2O3/c1-2-17-11(16)6-3-4-7-8(5-6)10(15)14-13-9(7)12/h3-5H,2H2,1H3,(H,14,15). The van der Waals surface area contributed by atoms with E-state index < -0.39 is 5.97 Å². The Morgan fingerprint density at radius 1 is 1.47 bits per heavy atom. The van der Waals surface area contributed by atoms with Crippen LogP contribution in [-0.4, -0.2) is 22.8 Å². The summed E-state index contributed by atoms with van der Waals surface area (Å²) in [6, 6.07) is 4.76. The first kappa shape index (κ1) is 11.8. The van der Waals surface area contributed by atoms with Crippen LogP contribution in [0.4, 0.5) is 0 Å². The summed E-state index contributed by atoms with van der Waals surface area (Å²) < 4.78 is 5.40. The van der Waals surface area contributed by atoms with Crippen LogP contribution in [-0.2, 0) is 4.74 Å². The summed E-state index contributed by atoms with van der Waals surface area (Å²) in [7, 11) is 0. The first-order valence-electron chi connectivity index (χ1n) is 4.98. The topological polar surface area (TPSA) is 72.0 Å². The molecule has 0 aliphatic rings. The van der Waals surface area contributed by atoms with Gasteiger partial charge in [-0.25, -0.2) is 9.89 Å². The van der Waals surface area contributed by atoms with Crippen LogP contribution >= 0.6 is 15.9 Å². The van der Waals surface area contributed by atoms with Gasteiger partial charge in [0.2, 0.25) is 0 Å². The Labute approximate surface area is 105 Å². The Morgan fingerprint density at radius 2 is 2.24 bits per heavy atom. The molecule has 0 aliphatic heterocycles. The first-order chi connectivity index (χ1) is 8.13. The lowest BCUT2D eigenvalue weighted by Crippen LogP contribution is -2.10. The van der Waals surface area contributed by atoms with Crippen molar-refractivity contribution in [2.75, 3.05) is 6.61 Å². The van der Waals surface area contributed by atoms with Gasteiger partial charge in [0.15, 0.2) is 0 Å². The van der Waals surface area contributed by atoms with Gasteiger partial charge in [-0.2, -0.15) is 5.10 Å². The van der Waals surface area contributed by atoms with E-state index in [1.54, 1.807) is 19.1 Å². The molecule has 0 bridgehead atoms. The summed E-state index contributed by atoms with van der Waals surface area (Å²) in [4.78, 5) is 23.1. The molecule has 0 saturated heterocycles. The molecule has 6 heteroatoms. The number of aromatic amines is 1. The first-order valence-corrected chi connectivity index (χ1v) is 5.78. The van der Waals surface area contributed by atoms with Crippen molar-refractivity contribution in [2.45, 2.75) is 6.92 Å². The monoisotopic (exact) mass is 296 g/mol. The van der Waals surface area contributed by atoms with Gasteiger partial charge in [-0.1, -0.05) is 6.07 Å². The molecule has 0 radical (unpaired) electrons. The molecule has 0 atom stereocenters. The van der Waals surface area contributed by atoms with Gasteiger partial charge in [-0.3, -0.25) is 4.79 Å². The molecule has 0 amide bonds. The molecular weight excluding hydrogens is 288 g/mol. The van der Waals surface area contributed by atoms with E-state index >= 15 is 0 Å². The number of nitrogens with one attached hydrogen (secondary N) is 1. The predicted octanol–water partition coefficient (Wildman–Crippen LogP) is 1.86. The summed E-state index contributed by atoms with van der Waals surface area (Å²) in [6.45, 7) is 2.03. The van der Waals surface area contributed by atoms with E-state index in [4.69, 9.17) is 4.74 Å². The normalized spacial score (nSPS) is 10.5. The number of nitrogens with zero attached hydrogens (tertiary/aromatic N) is 1. The third kappa shape index (κ3) is 2.21. The maximum absolute atomic E-state index is 11.6. The second-order valence-electron chi connectivity index (χ2n) is 3.32. The summed E-state index contributed by atoms with van der Waals surface area (Å²) in [5.74, 6) is -0.443. The fourth-order valence-electron chi connectivity index (χ4n) is 1.47. The summed E-state index contributed by atoms with van der Waals surface area (Å²) >= 11 is 3.23. The number of aromatic nitrogens is 2. The number of H-pyrrole nitrogens is 1. The van der Waals surface area contributed by atoms with Crippen molar-refractivity contribution in [3.05, 3.63) is 38.7 Å². The molecule has 2 aromatic rings. The predicted molar refractivity (Wildman–Crippen MR) is 66.0 cm³/mol. The quantitative estimate of drug-likeness (QED) is 0.859. The minimum absolute atomic E-state index is 0.299. The third-order valence-electron chi connectivity index (χ3n) is 2.25. The fraction of sp³-hybridized carbons (Fsp3) is 0.182. The highest BCUT2D eigenvalue weighted by Gasteiger charge is 2.10. The van der Waals surface area contributed by atoms with E-state index in [1.165, 1.54) is 6.07 Å². The smallest absolute Gasteiger partial charge is 0.338 e. The van der Waals surface area contributed by atoms with E-state index in [2.05, 4.69) is 26.1 Å². The Hall–Kier alpha value is -1.69. The molecule has 17 heavy (non-hydrogen) atoms. The number of benzene rings is 1. The second kappa shape index (κ2) is 4.67. The van der Waals surface area contributed by atoms with Crippen LogP contribution in [0.25, 0.3) is 10.8 Å². The van der Waals surface area contributed by atoms with Crippen LogP contribution in [0.15, 0.2) is 27.6 Å². The molecule has 1 aromatic heterocycles.